The molecule has 1 rings (SSSR count). The molecule has 1 heterocycles. The fourth-order valence-electron chi connectivity index (χ4n) is 0.434. The molecule has 0 unspecified atom stereocenters. The van der Waals surface area contributed by atoms with Gasteiger partial charge in [0, 0.05) is 6.61 Å². The first-order valence-corrected chi connectivity index (χ1v) is 2.17. The summed E-state index contributed by atoms with van der Waals surface area (Å²) in [6.45, 7) is 1.95. The van der Waals surface area contributed by atoms with Crippen molar-refractivity contribution in [2.45, 2.75) is 6.42 Å². The van der Waals surface area contributed by atoms with Crippen LogP contribution in [0, 0.1) is 0 Å². The van der Waals surface area contributed by atoms with Crippen LogP contribution in [0.15, 0.2) is 0 Å². The molecule has 33 valence electrons. The van der Waals surface area contributed by atoms with E-state index in [2.05, 4.69) is 5.23 Å². The molecule has 0 aromatic rings. The minimum absolute atomic E-state index is 0.882. The zero-order valence-electron chi connectivity index (χ0n) is 3.61. The summed E-state index contributed by atoms with van der Waals surface area (Å²) >= 11 is 0. The number of hydrogen-bond donors (Lipinski definition) is 1. The summed E-state index contributed by atoms with van der Waals surface area (Å²) in [5.41, 5.74) is 0. The van der Waals surface area contributed by atoms with Crippen LogP contribution in [-0.2, 0) is 4.65 Å². The van der Waals surface area contributed by atoms with Crippen molar-refractivity contribution in [3.05, 3.63) is 0 Å². The molecule has 1 N–H and O–H groups in total. The average molecular weight is 83.9 g/mol. The monoisotopic (exact) mass is 84.1 g/mol. The van der Waals surface area contributed by atoms with E-state index in [1.54, 1.807) is 7.62 Å². The van der Waals surface area contributed by atoms with Crippen molar-refractivity contribution in [1.82, 2.24) is 5.23 Å². The maximum atomic E-state index is 4.83. The van der Waals surface area contributed by atoms with Gasteiger partial charge in [-0.1, -0.05) is 0 Å². The fraction of sp³-hybridized carbons (Fsp3) is 1.00. The second-order valence-corrected chi connectivity index (χ2v) is 1.30. The van der Waals surface area contributed by atoms with E-state index in [4.69, 9.17) is 4.65 Å². The van der Waals surface area contributed by atoms with Crippen LogP contribution in [0.3, 0.4) is 0 Å². The molecule has 1 fully saturated rings. The highest BCUT2D eigenvalue weighted by Crippen LogP contribution is 1.81. The minimum atomic E-state index is 0.882. The van der Waals surface area contributed by atoms with Crippen LogP contribution < -0.4 is 5.23 Å². The third kappa shape index (κ3) is 0.991. The van der Waals surface area contributed by atoms with Gasteiger partial charge in [0.15, 0.2) is 0 Å². The summed E-state index contributed by atoms with van der Waals surface area (Å²) in [5, 5.41) is 2.94. The largest absolute Gasteiger partial charge is 0.424 e. The molecule has 0 bridgehead atoms. The Morgan fingerprint density at radius 3 is 2.83 bits per heavy atom. The van der Waals surface area contributed by atoms with Crippen LogP contribution >= 0.6 is 0 Å². The Labute approximate surface area is 38.2 Å². The van der Waals surface area contributed by atoms with Crippen molar-refractivity contribution < 1.29 is 4.65 Å². The lowest BCUT2D eigenvalue weighted by Crippen LogP contribution is -2.29. The number of rotatable bonds is 0. The molecule has 1 radical (unpaired) electrons. The first-order chi connectivity index (χ1) is 3.00. The molecule has 0 aromatic carbocycles. The van der Waals surface area contributed by atoms with E-state index in [0.717, 1.165) is 19.6 Å². The van der Waals surface area contributed by atoms with Gasteiger partial charge in [0.05, 0.1) is 0 Å². The third-order valence-electron chi connectivity index (χ3n) is 0.750. The molecular formula is C3H7BNO. The minimum Gasteiger partial charge on any atom is -0.424 e. The van der Waals surface area contributed by atoms with Crippen molar-refractivity contribution in [1.29, 1.82) is 0 Å². The van der Waals surface area contributed by atoms with E-state index in [0.29, 0.717) is 0 Å². The van der Waals surface area contributed by atoms with Gasteiger partial charge in [-0.3, -0.25) is 0 Å². The molecule has 0 amide bonds. The smallest absolute Gasteiger partial charge is 0.395 e. The Morgan fingerprint density at radius 1 is 1.67 bits per heavy atom. The molecule has 1 aliphatic heterocycles. The Kier molecular flexibility index (Phi) is 1.53. The zero-order valence-corrected chi connectivity index (χ0v) is 3.61. The van der Waals surface area contributed by atoms with E-state index in [-0.39, 0.29) is 0 Å². The molecule has 1 aliphatic rings. The van der Waals surface area contributed by atoms with Crippen molar-refractivity contribution in [2.24, 2.45) is 0 Å². The molecule has 6 heavy (non-hydrogen) atoms. The Bertz CT molecular complexity index is 26.3. The van der Waals surface area contributed by atoms with Gasteiger partial charge >= 0.3 is 7.62 Å². The molecule has 3 heteroatoms. The van der Waals surface area contributed by atoms with E-state index < -0.39 is 0 Å². The molecule has 1 saturated heterocycles. The van der Waals surface area contributed by atoms with E-state index in [1.807, 2.05) is 0 Å². The molecule has 0 aromatic heterocycles. The summed E-state index contributed by atoms with van der Waals surface area (Å²) < 4.78 is 4.83. The normalized spacial score (nSPS) is 22.7. The molecule has 0 saturated carbocycles. The van der Waals surface area contributed by atoms with Gasteiger partial charge in [-0.05, 0) is 13.0 Å². The highest BCUT2D eigenvalue weighted by atomic mass is 16.4. The van der Waals surface area contributed by atoms with Crippen LogP contribution in [0.2, 0.25) is 0 Å². The SMILES string of the molecule is [B]1NCCCO1. The van der Waals surface area contributed by atoms with Crippen LogP contribution in [0.25, 0.3) is 0 Å². The van der Waals surface area contributed by atoms with Crippen LogP contribution in [0.4, 0.5) is 0 Å². The van der Waals surface area contributed by atoms with Crippen LogP contribution in [0.1, 0.15) is 6.42 Å². The summed E-state index contributed by atoms with van der Waals surface area (Å²) in [7, 11) is 1.64. The van der Waals surface area contributed by atoms with Crippen LogP contribution in [0.5, 0.6) is 0 Å². The van der Waals surface area contributed by atoms with Gasteiger partial charge in [-0.25, -0.2) is 0 Å². The molecule has 2 nitrogen and oxygen atoms in total. The highest BCUT2D eigenvalue weighted by Gasteiger charge is 1.96. The van der Waals surface area contributed by atoms with Crippen LogP contribution in [-0.4, -0.2) is 20.8 Å². The van der Waals surface area contributed by atoms with Gasteiger partial charge in [0.25, 0.3) is 0 Å². The van der Waals surface area contributed by atoms with Gasteiger partial charge in [0.2, 0.25) is 0 Å². The second-order valence-electron chi connectivity index (χ2n) is 1.30. The average Bonchev–Trinajstić information content (AvgIpc) is 1.72. The Balaban J connectivity index is 2.00. The quantitative estimate of drug-likeness (QED) is 0.400. The molecule has 0 atom stereocenters. The van der Waals surface area contributed by atoms with E-state index in [9.17, 15) is 0 Å². The first kappa shape index (κ1) is 4.15. The van der Waals surface area contributed by atoms with Crippen molar-refractivity contribution >= 4 is 7.62 Å². The number of nitrogens with one attached hydrogen (secondary N) is 1. The first-order valence-electron chi connectivity index (χ1n) is 2.17. The number of hydrogen-bond acceptors (Lipinski definition) is 2. The van der Waals surface area contributed by atoms with Gasteiger partial charge in [0.1, 0.15) is 0 Å². The van der Waals surface area contributed by atoms with E-state index >= 15 is 0 Å². The lowest BCUT2D eigenvalue weighted by molar-refractivity contribution is 0.298. The molecule has 0 aliphatic carbocycles. The molecule has 0 spiro atoms. The lowest BCUT2D eigenvalue weighted by atomic mass is 10.2. The van der Waals surface area contributed by atoms with Gasteiger partial charge in [-0.15, -0.1) is 0 Å². The van der Waals surface area contributed by atoms with E-state index in [1.165, 1.54) is 0 Å². The maximum Gasteiger partial charge on any atom is 0.395 e. The summed E-state index contributed by atoms with van der Waals surface area (Å²) in [5.74, 6) is 0. The fourth-order valence-corrected chi connectivity index (χ4v) is 0.434. The van der Waals surface area contributed by atoms with Crippen molar-refractivity contribution in [3.63, 3.8) is 0 Å². The zero-order chi connectivity index (χ0) is 4.24. The predicted molar refractivity (Wildman–Crippen MR) is 24.3 cm³/mol. The van der Waals surface area contributed by atoms with Crippen molar-refractivity contribution in [3.8, 4) is 0 Å². The maximum absolute atomic E-state index is 4.83. The molecular weight excluding hydrogens is 76.9 g/mol. The lowest BCUT2D eigenvalue weighted by Gasteiger charge is -2.08. The topological polar surface area (TPSA) is 21.3 Å². The Morgan fingerprint density at radius 2 is 2.67 bits per heavy atom. The predicted octanol–water partition coefficient (Wildman–Crippen LogP) is -0.470. The summed E-state index contributed by atoms with van der Waals surface area (Å²) in [6.07, 6.45) is 1.14. The standard InChI is InChI=1S/C3H7BNO/c1-2-5-4-6-3-1/h5H,1-3H2. The van der Waals surface area contributed by atoms with Gasteiger partial charge in [-0.2, -0.15) is 0 Å². The van der Waals surface area contributed by atoms with Gasteiger partial charge < -0.3 is 9.88 Å². The Hall–Kier alpha value is -0.0151. The summed E-state index contributed by atoms with van der Waals surface area (Å²) in [6, 6.07) is 0. The highest BCUT2D eigenvalue weighted by molar-refractivity contribution is 6.23. The third-order valence-corrected chi connectivity index (χ3v) is 0.750. The van der Waals surface area contributed by atoms with Crippen molar-refractivity contribution in [2.75, 3.05) is 13.2 Å². The second kappa shape index (κ2) is 2.21. The summed E-state index contributed by atoms with van der Waals surface area (Å²) in [4.78, 5) is 0.